The van der Waals surface area contributed by atoms with Crippen LogP contribution >= 0.6 is 0 Å². The van der Waals surface area contributed by atoms with Crippen LogP contribution in [0.1, 0.15) is 77.6 Å². The Bertz CT molecular complexity index is 608. The van der Waals surface area contributed by atoms with Crippen LogP contribution < -0.4 is 0 Å². The number of ether oxygens (including phenoxy) is 3. The third-order valence-corrected chi connectivity index (χ3v) is 6.38. The molecule has 0 aromatic rings. The van der Waals surface area contributed by atoms with Gasteiger partial charge in [-0.05, 0) is 12.8 Å². The van der Waals surface area contributed by atoms with Crippen molar-refractivity contribution in [3.63, 3.8) is 0 Å². The summed E-state index contributed by atoms with van der Waals surface area (Å²) in [4.78, 5) is 22.2. The number of carboxylic acid groups (broad SMARTS) is 2. The highest BCUT2D eigenvalue weighted by Crippen LogP contribution is 2.17. The molecule has 0 rings (SSSR count). The Hall–Kier alpha value is -1.27. The topological polar surface area (TPSA) is 157 Å². The third kappa shape index (κ3) is 17.8. The highest BCUT2D eigenvalue weighted by molar-refractivity contribution is 7.87. The molecule has 2 atom stereocenters. The van der Waals surface area contributed by atoms with Crippen molar-refractivity contribution in [3.8, 4) is 0 Å². The molecule has 10 nitrogen and oxygen atoms in total. The van der Waals surface area contributed by atoms with Crippen molar-refractivity contribution in [3.05, 3.63) is 0 Å². The largest absolute Gasteiger partial charge is 0.481 e. The number of hydrogen-bond donors (Lipinski definition) is 3. The van der Waals surface area contributed by atoms with E-state index in [0.29, 0.717) is 19.8 Å². The average Bonchev–Trinajstić information content (AvgIpc) is 2.73. The third-order valence-electron chi connectivity index (χ3n) is 5.21. The van der Waals surface area contributed by atoms with E-state index in [0.717, 1.165) is 6.42 Å². The van der Waals surface area contributed by atoms with Gasteiger partial charge in [0, 0.05) is 13.2 Å². The summed E-state index contributed by atoms with van der Waals surface area (Å²) in [6, 6.07) is 0. The molecule has 0 spiro atoms. The van der Waals surface area contributed by atoms with Crippen molar-refractivity contribution in [1.29, 1.82) is 0 Å². The fraction of sp³-hybridized carbons (Fsp3) is 0.909. The number of carboxylic acids is 2. The van der Waals surface area contributed by atoms with Gasteiger partial charge in [-0.1, -0.05) is 64.7 Å². The maximum absolute atomic E-state index is 11.2. The van der Waals surface area contributed by atoms with E-state index in [9.17, 15) is 18.0 Å². The predicted molar refractivity (Wildman–Crippen MR) is 123 cm³/mol. The van der Waals surface area contributed by atoms with Crippen LogP contribution in [0.15, 0.2) is 0 Å². The summed E-state index contributed by atoms with van der Waals surface area (Å²) in [6.45, 7) is 3.97. The number of hydrogen-bond acceptors (Lipinski definition) is 7. The first-order valence-corrected chi connectivity index (χ1v) is 13.4. The van der Waals surface area contributed by atoms with E-state index in [1.807, 2.05) is 0 Å². The van der Waals surface area contributed by atoms with Crippen molar-refractivity contribution in [2.24, 2.45) is 5.92 Å². The van der Waals surface area contributed by atoms with Gasteiger partial charge >= 0.3 is 11.9 Å². The molecule has 33 heavy (non-hydrogen) atoms. The van der Waals surface area contributed by atoms with E-state index in [-0.39, 0.29) is 26.2 Å². The van der Waals surface area contributed by atoms with Crippen LogP contribution in [0.3, 0.4) is 0 Å². The predicted octanol–water partition coefficient (Wildman–Crippen LogP) is 3.39. The van der Waals surface area contributed by atoms with Gasteiger partial charge in [-0.2, -0.15) is 8.42 Å². The van der Waals surface area contributed by atoms with Crippen molar-refractivity contribution in [1.82, 2.24) is 0 Å². The molecule has 0 saturated carbocycles. The van der Waals surface area contributed by atoms with Gasteiger partial charge in [0.05, 0.1) is 32.3 Å². The van der Waals surface area contributed by atoms with Gasteiger partial charge < -0.3 is 24.4 Å². The molecule has 0 fully saturated rings. The molecule has 2 unspecified atom stereocenters. The summed E-state index contributed by atoms with van der Waals surface area (Å²) in [7, 11) is -5.06. The molecule has 0 aliphatic heterocycles. The summed E-state index contributed by atoms with van der Waals surface area (Å²) < 4.78 is 47.3. The molecular weight excluding hydrogens is 456 g/mol. The highest BCUT2D eigenvalue weighted by Gasteiger charge is 2.42. The first-order chi connectivity index (χ1) is 15.7. The molecule has 0 heterocycles. The van der Waals surface area contributed by atoms with Gasteiger partial charge in [0.1, 0.15) is 0 Å². The monoisotopic (exact) mass is 498 g/mol. The standard InChI is InChI=1S/C22H42O10S/c1-2-3-4-5-6-7-8-9-10-11-13-30-15-17-32-18-16-31-14-12-19(21(23)24)20(22(25)26)33(27,28)29/h19-20H,2-18H2,1H3,(H,23,24)(H,25,26)(H,27,28,29). The molecule has 0 radical (unpaired) electrons. The number of unbranched alkanes of at least 4 members (excludes halogenated alkanes) is 9. The molecule has 0 aromatic heterocycles. The van der Waals surface area contributed by atoms with Crippen molar-refractivity contribution in [2.45, 2.75) is 82.8 Å². The second-order valence-corrected chi connectivity index (χ2v) is 9.56. The van der Waals surface area contributed by atoms with Gasteiger partial charge in [0.25, 0.3) is 10.1 Å². The fourth-order valence-corrected chi connectivity index (χ4v) is 4.28. The molecule has 0 aliphatic rings. The minimum absolute atomic E-state index is 0.133. The van der Waals surface area contributed by atoms with E-state index in [2.05, 4.69) is 6.92 Å². The molecular formula is C22H42O10S. The van der Waals surface area contributed by atoms with Crippen LogP contribution in [0.5, 0.6) is 0 Å². The van der Waals surface area contributed by atoms with Crippen LogP contribution in [-0.2, 0) is 33.9 Å². The molecule has 11 heteroatoms. The summed E-state index contributed by atoms with van der Waals surface area (Å²) in [6.07, 6.45) is 12.3. The SMILES string of the molecule is CCCCCCCCCCCCOCCOCCOCCC(C(=O)O)C(C(=O)O)S(=O)(=O)O. The minimum atomic E-state index is -5.06. The van der Waals surface area contributed by atoms with Crippen LogP contribution in [0, 0.1) is 5.92 Å². The molecule has 0 bridgehead atoms. The Labute approximate surface area is 197 Å². The summed E-state index contributed by atoms with van der Waals surface area (Å²) >= 11 is 0. The maximum atomic E-state index is 11.2. The van der Waals surface area contributed by atoms with E-state index < -0.39 is 33.2 Å². The van der Waals surface area contributed by atoms with E-state index in [4.69, 9.17) is 29.0 Å². The minimum Gasteiger partial charge on any atom is -0.481 e. The van der Waals surface area contributed by atoms with Crippen LogP contribution in [0.4, 0.5) is 0 Å². The molecule has 3 N–H and O–H groups in total. The number of aliphatic carboxylic acids is 2. The van der Waals surface area contributed by atoms with Crippen LogP contribution in [0.2, 0.25) is 0 Å². The number of rotatable bonds is 24. The first-order valence-electron chi connectivity index (χ1n) is 11.9. The zero-order chi connectivity index (χ0) is 25.0. The average molecular weight is 499 g/mol. The highest BCUT2D eigenvalue weighted by atomic mass is 32.2. The van der Waals surface area contributed by atoms with Crippen LogP contribution in [0.25, 0.3) is 0 Å². The summed E-state index contributed by atoms with van der Waals surface area (Å²) in [5, 5.41) is 15.5. The normalized spacial score (nSPS) is 13.6. The van der Waals surface area contributed by atoms with E-state index in [1.54, 1.807) is 0 Å². The Morgan fingerprint density at radius 1 is 0.667 bits per heavy atom. The molecule has 0 amide bonds. The molecule has 0 aromatic carbocycles. The Morgan fingerprint density at radius 3 is 1.52 bits per heavy atom. The van der Waals surface area contributed by atoms with Gasteiger partial charge in [0.2, 0.25) is 0 Å². The Morgan fingerprint density at radius 2 is 1.09 bits per heavy atom. The van der Waals surface area contributed by atoms with Gasteiger partial charge in [-0.15, -0.1) is 0 Å². The van der Waals surface area contributed by atoms with Crippen LogP contribution in [-0.4, -0.2) is 80.0 Å². The van der Waals surface area contributed by atoms with Crippen molar-refractivity contribution < 1.29 is 47.0 Å². The van der Waals surface area contributed by atoms with E-state index >= 15 is 0 Å². The lowest BCUT2D eigenvalue weighted by atomic mass is 10.0. The molecule has 0 saturated heterocycles. The van der Waals surface area contributed by atoms with E-state index in [1.165, 1.54) is 57.8 Å². The quantitative estimate of drug-likeness (QED) is 0.133. The second-order valence-electron chi connectivity index (χ2n) is 8.03. The van der Waals surface area contributed by atoms with Crippen molar-refractivity contribution >= 4 is 22.1 Å². The summed E-state index contributed by atoms with van der Waals surface area (Å²) in [5.41, 5.74) is 0. The zero-order valence-corrected chi connectivity index (χ0v) is 20.6. The lowest BCUT2D eigenvalue weighted by molar-refractivity contribution is -0.148. The Kier molecular flexibility index (Phi) is 19.4. The zero-order valence-electron chi connectivity index (χ0n) is 19.8. The Balaban J connectivity index is 3.60. The lowest BCUT2D eigenvalue weighted by Crippen LogP contribution is -2.41. The van der Waals surface area contributed by atoms with Crippen molar-refractivity contribution in [2.75, 3.05) is 39.6 Å². The second kappa shape index (κ2) is 20.1. The smallest absolute Gasteiger partial charge is 0.325 e. The molecule has 0 aliphatic carbocycles. The maximum Gasteiger partial charge on any atom is 0.325 e. The first kappa shape index (κ1) is 31.7. The lowest BCUT2D eigenvalue weighted by Gasteiger charge is -2.17. The summed E-state index contributed by atoms with van der Waals surface area (Å²) in [5.74, 6) is -5.39. The fourth-order valence-electron chi connectivity index (χ4n) is 3.36. The molecule has 196 valence electrons. The van der Waals surface area contributed by atoms with Gasteiger partial charge in [-0.25, -0.2) is 0 Å². The van der Waals surface area contributed by atoms with Gasteiger partial charge in [-0.3, -0.25) is 14.1 Å². The number of carbonyl (C=O) groups is 2. The van der Waals surface area contributed by atoms with Gasteiger partial charge in [0.15, 0.2) is 5.25 Å².